The third-order valence-corrected chi connectivity index (χ3v) is 8.82. The Morgan fingerprint density at radius 1 is 0.944 bits per heavy atom. The Morgan fingerprint density at radius 2 is 1.56 bits per heavy atom. The van der Waals surface area contributed by atoms with Crippen LogP contribution >= 0.6 is 0 Å². The summed E-state index contributed by atoms with van der Waals surface area (Å²) in [6, 6.07) is 11.0. The number of likely N-dealkylation sites (N-methyl/N-ethyl adjacent to an activating group) is 1. The van der Waals surface area contributed by atoms with Gasteiger partial charge in [0.2, 0.25) is 15.9 Å². The number of sulfonamides is 1. The molecule has 2 aromatic carbocycles. The number of halogens is 1. The lowest BCUT2D eigenvalue weighted by Crippen LogP contribution is -2.47. The normalized spacial score (nSPS) is 17.8. The van der Waals surface area contributed by atoms with Crippen molar-refractivity contribution in [2.24, 2.45) is 0 Å². The van der Waals surface area contributed by atoms with Crippen LogP contribution in [-0.4, -0.2) is 80.2 Å². The first-order valence-electron chi connectivity index (χ1n) is 12.4. The molecule has 4 rings (SSSR count). The standard InChI is InChI=1S/C26H33FN4O4S/c1-29-15-17-30(18-16-29)26(33)20-7-11-22(12-8-20)28-25(32)19-31(23-5-3-2-4-6-23)36(34,35)24-13-9-21(27)10-14-24/h7-14,23H,2-6,15-19H2,1H3,(H,28,32). The van der Waals surface area contributed by atoms with Crippen LogP contribution in [0.2, 0.25) is 0 Å². The van der Waals surface area contributed by atoms with Crippen molar-refractivity contribution >= 4 is 27.5 Å². The van der Waals surface area contributed by atoms with Gasteiger partial charge in [0.25, 0.3) is 5.91 Å². The van der Waals surface area contributed by atoms with Gasteiger partial charge in [-0.15, -0.1) is 0 Å². The summed E-state index contributed by atoms with van der Waals surface area (Å²) in [5.41, 5.74) is 1.03. The van der Waals surface area contributed by atoms with Crippen LogP contribution < -0.4 is 5.32 Å². The molecule has 1 saturated heterocycles. The van der Waals surface area contributed by atoms with Gasteiger partial charge >= 0.3 is 0 Å². The van der Waals surface area contributed by atoms with Crippen LogP contribution in [0.15, 0.2) is 53.4 Å². The van der Waals surface area contributed by atoms with Crippen molar-refractivity contribution in [2.75, 3.05) is 45.1 Å². The summed E-state index contributed by atoms with van der Waals surface area (Å²) in [6.07, 6.45) is 4.18. The molecule has 1 N–H and O–H groups in total. The molecule has 2 aliphatic rings. The van der Waals surface area contributed by atoms with Gasteiger partial charge < -0.3 is 15.1 Å². The molecular weight excluding hydrogens is 483 g/mol. The van der Waals surface area contributed by atoms with Crippen LogP contribution in [0.4, 0.5) is 10.1 Å². The maximum absolute atomic E-state index is 13.4. The lowest BCUT2D eigenvalue weighted by Gasteiger charge is -2.33. The minimum Gasteiger partial charge on any atom is -0.336 e. The van der Waals surface area contributed by atoms with Crippen LogP contribution in [0, 0.1) is 5.82 Å². The van der Waals surface area contributed by atoms with Crippen LogP contribution in [0.25, 0.3) is 0 Å². The van der Waals surface area contributed by atoms with Gasteiger partial charge in [-0.25, -0.2) is 12.8 Å². The zero-order valence-corrected chi connectivity index (χ0v) is 21.3. The van der Waals surface area contributed by atoms with Gasteiger partial charge in [-0.1, -0.05) is 19.3 Å². The van der Waals surface area contributed by atoms with Crippen LogP contribution in [0.1, 0.15) is 42.5 Å². The fourth-order valence-electron chi connectivity index (χ4n) is 4.75. The predicted molar refractivity (Wildman–Crippen MR) is 136 cm³/mol. The molecule has 1 aliphatic carbocycles. The first-order valence-corrected chi connectivity index (χ1v) is 13.8. The average Bonchev–Trinajstić information content (AvgIpc) is 2.88. The Bertz CT molecular complexity index is 1160. The third kappa shape index (κ3) is 6.29. The van der Waals surface area contributed by atoms with Gasteiger partial charge in [0.15, 0.2) is 0 Å². The molecule has 0 bridgehead atoms. The second kappa shape index (κ2) is 11.5. The summed E-state index contributed by atoms with van der Waals surface area (Å²) in [6.45, 7) is 2.67. The molecule has 10 heteroatoms. The van der Waals surface area contributed by atoms with E-state index >= 15 is 0 Å². The third-order valence-electron chi connectivity index (χ3n) is 6.91. The summed E-state index contributed by atoms with van der Waals surface area (Å²) in [7, 11) is -1.96. The largest absolute Gasteiger partial charge is 0.336 e. The lowest BCUT2D eigenvalue weighted by molar-refractivity contribution is -0.116. The first-order chi connectivity index (χ1) is 17.2. The predicted octanol–water partition coefficient (Wildman–Crippen LogP) is 3.18. The van der Waals surface area contributed by atoms with E-state index in [2.05, 4.69) is 10.2 Å². The van der Waals surface area contributed by atoms with E-state index in [9.17, 15) is 22.4 Å². The molecule has 36 heavy (non-hydrogen) atoms. The molecule has 0 radical (unpaired) electrons. The van der Waals surface area contributed by atoms with E-state index in [1.165, 1.54) is 16.4 Å². The minimum atomic E-state index is -3.99. The Kier molecular flexibility index (Phi) is 8.38. The highest BCUT2D eigenvalue weighted by Crippen LogP contribution is 2.28. The highest BCUT2D eigenvalue weighted by atomic mass is 32.2. The van der Waals surface area contributed by atoms with Crippen molar-refractivity contribution in [3.05, 3.63) is 59.9 Å². The van der Waals surface area contributed by atoms with Crippen LogP contribution in [0.5, 0.6) is 0 Å². The van der Waals surface area contributed by atoms with E-state index in [4.69, 9.17) is 0 Å². The molecule has 1 aliphatic heterocycles. The fraction of sp³-hybridized carbons (Fsp3) is 0.462. The number of piperazine rings is 1. The number of amides is 2. The second-order valence-electron chi connectivity index (χ2n) is 9.52. The number of anilines is 1. The van der Waals surface area contributed by atoms with Gasteiger partial charge in [-0.05, 0) is 68.4 Å². The van der Waals surface area contributed by atoms with Gasteiger partial charge in [0.05, 0.1) is 11.4 Å². The summed E-state index contributed by atoms with van der Waals surface area (Å²) in [4.78, 5) is 29.6. The molecule has 0 spiro atoms. The van der Waals surface area contributed by atoms with Gasteiger partial charge in [-0.2, -0.15) is 4.31 Å². The molecule has 0 aromatic heterocycles. The van der Waals surface area contributed by atoms with Gasteiger partial charge in [0, 0.05) is 43.5 Å². The van der Waals surface area contributed by atoms with Crippen molar-refractivity contribution in [3.8, 4) is 0 Å². The summed E-state index contributed by atoms with van der Waals surface area (Å²) in [5, 5.41) is 2.76. The van der Waals surface area contributed by atoms with Crippen LogP contribution in [0.3, 0.4) is 0 Å². The van der Waals surface area contributed by atoms with E-state index in [-0.39, 0.29) is 23.4 Å². The zero-order valence-electron chi connectivity index (χ0n) is 20.5. The number of nitrogens with zero attached hydrogens (tertiary/aromatic N) is 3. The Labute approximate surface area is 212 Å². The minimum absolute atomic E-state index is 0.0333. The molecule has 1 saturated carbocycles. The summed E-state index contributed by atoms with van der Waals surface area (Å²) < 4.78 is 41.4. The van der Waals surface area contributed by atoms with E-state index in [1.807, 2.05) is 11.9 Å². The molecule has 2 fully saturated rings. The average molecular weight is 517 g/mol. The smallest absolute Gasteiger partial charge is 0.253 e. The van der Waals surface area contributed by atoms with Crippen molar-refractivity contribution in [1.82, 2.24) is 14.1 Å². The molecule has 0 atom stereocenters. The topological polar surface area (TPSA) is 90.0 Å². The van der Waals surface area contributed by atoms with E-state index < -0.39 is 21.7 Å². The van der Waals surface area contributed by atoms with E-state index in [0.29, 0.717) is 37.2 Å². The number of hydrogen-bond donors (Lipinski definition) is 1. The van der Waals surface area contributed by atoms with Crippen molar-refractivity contribution < 1.29 is 22.4 Å². The Morgan fingerprint density at radius 3 is 2.17 bits per heavy atom. The number of nitrogens with one attached hydrogen (secondary N) is 1. The van der Waals surface area contributed by atoms with Crippen molar-refractivity contribution in [1.29, 1.82) is 0 Å². The zero-order chi connectivity index (χ0) is 25.7. The SMILES string of the molecule is CN1CCN(C(=O)c2ccc(NC(=O)CN(C3CCCCC3)S(=O)(=O)c3ccc(F)cc3)cc2)CC1. The molecule has 8 nitrogen and oxygen atoms in total. The Balaban J connectivity index is 1.44. The molecule has 194 valence electrons. The number of hydrogen-bond acceptors (Lipinski definition) is 5. The number of carbonyl (C=O) groups is 2. The maximum atomic E-state index is 13.4. The fourth-order valence-corrected chi connectivity index (χ4v) is 6.39. The number of benzene rings is 2. The highest BCUT2D eigenvalue weighted by molar-refractivity contribution is 7.89. The molecule has 0 unspecified atom stereocenters. The Hall–Kier alpha value is -2.82. The van der Waals surface area contributed by atoms with Crippen molar-refractivity contribution in [3.63, 3.8) is 0 Å². The first kappa shape index (κ1) is 26.2. The maximum Gasteiger partial charge on any atom is 0.253 e. The number of carbonyl (C=O) groups excluding carboxylic acids is 2. The summed E-state index contributed by atoms with van der Waals surface area (Å²) >= 11 is 0. The van der Waals surface area contributed by atoms with Gasteiger partial charge in [0.1, 0.15) is 5.82 Å². The van der Waals surface area contributed by atoms with E-state index in [0.717, 1.165) is 44.5 Å². The van der Waals surface area contributed by atoms with Crippen LogP contribution in [-0.2, 0) is 14.8 Å². The van der Waals surface area contributed by atoms with Crippen molar-refractivity contribution in [2.45, 2.75) is 43.0 Å². The lowest BCUT2D eigenvalue weighted by atomic mass is 9.95. The molecular formula is C26H33FN4O4S. The second-order valence-corrected chi connectivity index (χ2v) is 11.4. The quantitative estimate of drug-likeness (QED) is 0.611. The molecule has 2 aromatic rings. The molecule has 1 heterocycles. The van der Waals surface area contributed by atoms with Gasteiger partial charge in [-0.3, -0.25) is 9.59 Å². The molecule has 2 amide bonds. The number of rotatable bonds is 7. The monoisotopic (exact) mass is 516 g/mol. The highest BCUT2D eigenvalue weighted by Gasteiger charge is 2.34. The summed E-state index contributed by atoms with van der Waals surface area (Å²) in [5.74, 6) is -1.04. The van der Waals surface area contributed by atoms with E-state index in [1.54, 1.807) is 24.3 Å².